The smallest absolute Gasteiger partial charge is 1.00 e. The van der Waals surface area contributed by atoms with Gasteiger partial charge in [-0.15, -0.1) is 0 Å². The molecule has 4 heteroatoms. The maximum atomic E-state index is 10.8. The molecule has 0 aromatic heterocycles. The van der Waals surface area contributed by atoms with E-state index in [-0.39, 0.29) is 37.4 Å². The van der Waals surface area contributed by atoms with Crippen molar-refractivity contribution in [3.63, 3.8) is 0 Å². The first-order valence-corrected chi connectivity index (χ1v) is 10.1. The molecule has 0 aromatic carbocycles. The van der Waals surface area contributed by atoms with Gasteiger partial charge in [0.15, 0.2) is 0 Å². The Kier molecular flexibility index (Phi) is 31.1. The number of carbonyl (C=O) groups excluding carboxylic acids is 1. The predicted octanol–water partition coefficient (Wildman–Crippen LogP) is 6.00. The van der Waals surface area contributed by atoms with Crippen molar-refractivity contribution in [2.24, 2.45) is 0 Å². The van der Waals surface area contributed by atoms with Crippen LogP contribution in [0.4, 0.5) is 0 Å². The van der Waals surface area contributed by atoms with E-state index in [1.165, 1.54) is 102 Å². The van der Waals surface area contributed by atoms with Gasteiger partial charge in [0.1, 0.15) is 0 Å². The molecule has 0 amide bonds. The van der Waals surface area contributed by atoms with Crippen LogP contribution in [0, 0.1) is 0 Å². The summed E-state index contributed by atoms with van der Waals surface area (Å²) >= 11 is 0. The van der Waals surface area contributed by atoms with Gasteiger partial charge in [0.25, 0.3) is 0 Å². The number of unbranched alkanes of at least 4 members (excludes halogenated alkanes) is 15. The molecule has 0 fully saturated rings. The Labute approximate surface area is 175 Å². The summed E-state index contributed by atoms with van der Waals surface area (Å²) < 4.78 is 4.95. The van der Waals surface area contributed by atoms with Crippen LogP contribution < -0.4 is 0 Å². The van der Waals surface area contributed by atoms with Gasteiger partial charge in [-0.2, -0.15) is 0 Å². The van der Waals surface area contributed by atoms with Crippen molar-refractivity contribution in [1.82, 2.24) is 0 Å². The minimum Gasteiger partial charge on any atom is -1.00 e. The minimum absolute atomic E-state index is 0. The van der Waals surface area contributed by atoms with Crippen LogP contribution in [0.5, 0.6) is 0 Å². The summed E-state index contributed by atoms with van der Waals surface area (Å²) in [4.78, 5) is 10.8. The second kappa shape index (κ2) is 26.2. The van der Waals surface area contributed by atoms with Crippen LogP contribution in [0.25, 0.3) is 0 Å². The van der Waals surface area contributed by atoms with Crippen LogP contribution >= 0.6 is 0 Å². The average molecular weight is 369 g/mol. The summed E-state index contributed by atoms with van der Waals surface area (Å²) in [6.45, 7) is 6.20. The number of hydrogen-bond donors (Lipinski definition) is 0. The summed E-state index contributed by atoms with van der Waals surface area (Å²) in [5.41, 5.74) is 0. The van der Waals surface area contributed by atoms with Gasteiger partial charge in [-0.3, -0.25) is 0 Å². The molecule has 2 N–H and O–H groups in total. The zero-order valence-electron chi connectivity index (χ0n) is 18.8. The fourth-order valence-electron chi connectivity index (χ4n) is 2.88. The van der Waals surface area contributed by atoms with Crippen molar-refractivity contribution < 1.29 is 17.9 Å². The molecule has 25 heavy (non-hydrogen) atoms. The van der Waals surface area contributed by atoms with Crippen molar-refractivity contribution >= 4 is 29.0 Å². The van der Waals surface area contributed by atoms with Crippen LogP contribution in [0.3, 0.4) is 0 Å². The zero-order chi connectivity index (χ0) is 17.0. The molecule has 0 heterocycles. The summed E-state index contributed by atoms with van der Waals surface area (Å²) in [5, 5.41) is 0. The van der Waals surface area contributed by atoms with Crippen LogP contribution in [0.15, 0.2) is 12.7 Å². The Balaban J connectivity index is -0.000000403. The van der Waals surface area contributed by atoms with Crippen molar-refractivity contribution in [2.45, 2.75) is 110 Å². The topological polar surface area (TPSA) is 57.8 Å². The molecular weight excluding hydrogens is 325 g/mol. The number of ether oxygens (including phenoxy) is 1. The molecule has 3 nitrogen and oxygen atoms in total. The van der Waals surface area contributed by atoms with Gasteiger partial charge in [0, 0.05) is 6.08 Å². The molecule has 0 saturated heterocycles. The summed E-state index contributed by atoms with van der Waals surface area (Å²) in [6.07, 6.45) is 23.0. The monoisotopic (exact) mass is 368 g/mol. The number of carbonyl (C=O) groups is 1. The fraction of sp³-hybridized carbons (Fsp3) is 0.857. The van der Waals surface area contributed by atoms with E-state index < -0.39 is 0 Å². The van der Waals surface area contributed by atoms with Crippen LogP contribution in [0.2, 0.25) is 0 Å². The Morgan fingerprint density at radius 3 is 1.40 bits per heavy atom. The Morgan fingerprint density at radius 2 is 1.08 bits per heavy atom. The second-order valence-electron chi connectivity index (χ2n) is 6.67. The maximum Gasteiger partial charge on any atom is 2.00 e. The van der Waals surface area contributed by atoms with Gasteiger partial charge >= 0.3 is 29.0 Å². The van der Waals surface area contributed by atoms with E-state index in [4.69, 9.17) is 4.74 Å². The molecule has 0 spiro atoms. The van der Waals surface area contributed by atoms with Gasteiger partial charge in [0.2, 0.25) is 0 Å². The summed E-state index contributed by atoms with van der Waals surface area (Å²) in [6, 6.07) is 0. The second-order valence-corrected chi connectivity index (χ2v) is 6.67. The van der Waals surface area contributed by atoms with E-state index >= 15 is 0 Å². The molecule has 0 aliphatic heterocycles. The molecule has 148 valence electrons. The number of esters is 1. The molecule has 0 bridgehead atoms. The first kappa shape index (κ1) is 29.7. The van der Waals surface area contributed by atoms with Gasteiger partial charge in [0.05, 0.1) is 6.61 Å². The summed E-state index contributed by atoms with van der Waals surface area (Å²) in [5.74, 6) is -0.300. The number of hydrogen-bond acceptors (Lipinski definition) is 2. The van der Waals surface area contributed by atoms with Crippen molar-refractivity contribution in [1.29, 1.82) is 0 Å². The SMILES string of the molecule is C=CC(=O)OCCCCCCCCCCCCCCCCCC.O.[H-].[H-].[Mg+2]. The first-order valence-electron chi connectivity index (χ1n) is 10.1. The largest absolute Gasteiger partial charge is 2.00 e. The number of rotatable bonds is 18. The maximum absolute atomic E-state index is 10.8. The third-order valence-corrected chi connectivity index (χ3v) is 4.41. The Morgan fingerprint density at radius 1 is 0.760 bits per heavy atom. The van der Waals surface area contributed by atoms with E-state index in [0.29, 0.717) is 6.61 Å². The molecule has 0 saturated carbocycles. The minimum atomic E-state index is -0.300. The van der Waals surface area contributed by atoms with E-state index in [9.17, 15) is 4.79 Å². The van der Waals surface area contributed by atoms with Crippen LogP contribution in [-0.4, -0.2) is 41.1 Å². The predicted molar refractivity (Wildman–Crippen MR) is 112 cm³/mol. The third kappa shape index (κ3) is 26.3. The van der Waals surface area contributed by atoms with Crippen LogP contribution in [-0.2, 0) is 9.53 Å². The Bertz CT molecular complexity index is 280. The van der Waals surface area contributed by atoms with Crippen molar-refractivity contribution in [3.05, 3.63) is 12.7 Å². The standard InChI is InChI=1S/C21H40O2.Mg.H2O.2H/c1-3-5-6-7-8-9-10-11-12-13-14-15-16-17-18-19-20-23-21(22)4-2;;;;/h4H,2-3,5-20H2,1H3;;1H2;;/q;+2;;2*-1. The fourth-order valence-corrected chi connectivity index (χ4v) is 2.88. The molecule has 0 aliphatic rings. The van der Waals surface area contributed by atoms with Gasteiger partial charge in [-0.25, -0.2) is 4.79 Å². The Hall–Kier alpha value is -0.0638. The normalized spacial score (nSPS) is 9.80. The molecular formula is C21H44MgO3. The van der Waals surface area contributed by atoms with Crippen LogP contribution in [0.1, 0.15) is 113 Å². The van der Waals surface area contributed by atoms with E-state index in [2.05, 4.69) is 13.5 Å². The average Bonchev–Trinajstić information content (AvgIpc) is 2.57. The van der Waals surface area contributed by atoms with Crippen molar-refractivity contribution in [2.75, 3.05) is 6.61 Å². The molecule has 0 aliphatic carbocycles. The third-order valence-electron chi connectivity index (χ3n) is 4.41. The molecule has 0 radical (unpaired) electrons. The van der Waals surface area contributed by atoms with Gasteiger partial charge in [-0.05, 0) is 6.42 Å². The van der Waals surface area contributed by atoms with E-state index in [0.717, 1.165) is 6.42 Å². The quantitative estimate of drug-likeness (QED) is 0.129. The van der Waals surface area contributed by atoms with Gasteiger partial charge in [-0.1, -0.05) is 110 Å². The molecule has 0 atom stereocenters. The summed E-state index contributed by atoms with van der Waals surface area (Å²) in [7, 11) is 0. The molecule has 0 rings (SSSR count). The molecule has 0 unspecified atom stereocenters. The zero-order valence-corrected chi connectivity index (χ0v) is 18.2. The van der Waals surface area contributed by atoms with E-state index in [1.54, 1.807) is 0 Å². The van der Waals surface area contributed by atoms with Crippen molar-refractivity contribution in [3.8, 4) is 0 Å². The van der Waals surface area contributed by atoms with Gasteiger partial charge < -0.3 is 13.1 Å². The van der Waals surface area contributed by atoms with E-state index in [1.807, 2.05) is 0 Å². The first-order chi connectivity index (χ1) is 11.3. The molecule has 0 aromatic rings.